The van der Waals surface area contributed by atoms with Gasteiger partial charge >= 0.3 is 6.18 Å². The van der Waals surface area contributed by atoms with Crippen LogP contribution in [-0.2, 0) is 12.6 Å². The minimum atomic E-state index is -4.46. The van der Waals surface area contributed by atoms with Crippen LogP contribution in [0.4, 0.5) is 19.0 Å². The number of aliphatic imine (C=N–C) groups is 1. The van der Waals surface area contributed by atoms with E-state index in [4.69, 9.17) is 16.0 Å². The maximum atomic E-state index is 12.8. The maximum Gasteiger partial charge on any atom is 0.417 e. The molecule has 0 aromatic carbocycles. The molecule has 0 spiro atoms. The molecule has 30 heavy (non-hydrogen) atoms. The Morgan fingerprint density at radius 1 is 1.43 bits per heavy atom. The molecule has 1 aliphatic rings. The van der Waals surface area contributed by atoms with Gasteiger partial charge in [0.15, 0.2) is 5.96 Å². The molecule has 1 fully saturated rings. The number of rotatable bonds is 6. The third-order valence-corrected chi connectivity index (χ3v) is 4.81. The number of nitrogens with zero attached hydrogens (tertiary/aromatic N) is 3. The molecule has 1 saturated heterocycles. The number of halogens is 5. The molecule has 166 valence electrons. The quantitative estimate of drug-likeness (QED) is 0.314. The van der Waals surface area contributed by atoms with Crippen molar-refractivity contribution in [3.63, 3.8) is 0 Å². The van der Waals surface area contributed by atoms with Gasteiger partial charge in [-0.15, -0.1) is 24.0 Å². The number of hydrogen-bond donors (Lipinski definition) is 2. The highest BCUT2D eigenvalue weighted by Gasteiger charge is 2.33. The van der Waals surface area contributed by atoms with E-state index in [9.17, 15) is 13.2 Å². The van der Waals surface area contributed by atoms with Crippen molar-refractivity contribution in [2.45, 2.75) is 32.0 Å². The summed E-state index contributed by atoms with van der Waals surface area (Å²) in [6, 6.07) is 4.75. The fourth-order valence-corrected chi connectivity index (χ4v) is 3.42. The minimum Gasteiger partial charge on any atom is -0.469 e. The molecule has 3 heterocycles. The third-order valence-electron chi connectivity index (χ3n) is 4.53. The first-order chi connectivity index (χ1) is 13.9. The SMILES string of the molecule is CCNC(=NCCc1ccco1)NC1CCN(c2ncc(C(F)(F)F)cc2Cl)C1.I. The minimum absolute atomic E-state index is 0. The largest absolute Gasteiger partial charge is 0.469 e. The predicted octanol–water partition coefficient (Wildman–Crippen LogP) is 4.34. The summed E-state index contributed by atoms with van der Waals surface area (Å²) < 4.78 is 43.7. The number of pyridine rings is 1. The van der Waals surface area contributed by atoms with Gasteiger partial charge in [0, 0.05) is 44.8 Å². The van der Waals surface area contributed by atoms with Gasteiger partial charge in [0.05, 0.1) is 16.8 Å². The summed E-state index contributed by atoms with van der Waals surface area (Å²) in [5.41, 5.74) is -0.849. The zero-order chi connectivity index (χ0) is 20.9. The smallest absolute Gasteiger partial charge is 0.417 e. The number of alkyl halides is 3. The standard InChI is InChI=1S/C19H23ClF3N5O.HI/c1-2-24-18(25-7-5-15-4-3-9-29-15)27-14-6-8-28(12-14)17-16(20)10-13(11-26-17)19(21,22)23;/h3-4,9-11,14H,2,5-8,12H2,1H3,(H2,24,25,27);1H. The summed E-state index contributed by atoms with van der Waals surface area (Å²) >= 11 is 6.07. The van der Waals surface area contributed by atoms with Gasteiger partial charge in [-0.1, -0.05) is 11.6 Å². The van der Waals surface area contributed by atoms with Crippen molar-refractivity contribution in [2.24, 2.45) is 4.99 Å². The summed E-state index contributed by atoms with van der Waals surface area (Å²) in [5, 5.41) is 6.57. The number of furan rings is 1. The Hall–Kier alpha value is -1.69. The maximum absolute atomic E-state index is 12.8. The van der Waals surface area contributed by atoms with Crippen LogP contribution in [0.2, 0.25) is 5.02 Å². The molecular formula is C19H24ClF3IN5O. The highest BCUT2D eigenvalue weighted by molar-refractivity contribution is 14.0. The second-order valence-electron chi connectivity index (χ2n) is 6.69. The second-order valence-corrected chi connectivity index (χ2v) is 7.10. The average molecular weight is 558 g/mol. The van der Waals surface area contributed by atoms with Crippen LogP contribution in [0.1, 0.15) is 24.7 Å². The van der Waals surface area contributed by atoms with Crippen LogP contribution in [-0.4, -0.2) is 43.2 Å². The fourth-order valence-electron chi connectivity index (χ4n) is 3.13. The van der Waals surface area contributed by atoms with Crippen LogP contribution in [0, 0.1) is 0 Å². The Kier molecular flexibility index (Phi) is 9.08. The topological polar surface area (TPSA) is 65.7 Å². The third kappa shape index (κ3) is 6.66. The zero-order valence-electron chi connectivity index (χ0n) is 16.4. The number of anilines is 1. The van der Waals surface area contributed by atoms with E-state index in [1.165, 1.54) is 0 Å². The van der Waals surface area contributed by atoms with Crippen LogP contribution in [0.5, 0.6) is 0 Å². The monoisotopic (exact) mass is 557 g/mol. The molecule has 2 aromatic rings. The molecule has 0 bridgehead atoms. The van der Waals surface area contributed by atoms with E-state index in [1.807, 2.05) is 24.0 Å². The van der Waals surface area contributed by atoms with Crippen LogP contribution in [0.3, 0.4) is 0 Å². The van der Waals surface area contributed by atoms with E-state index in [-0.39, 0.29) is 35.0 Å². The molecule has 1 atom stereocenters. The lowest BCUT2D eigenvalue weighted by molar-refractivity contribution is -0.137. The summed E-state index contributed by atoms with van der Waals surface area (Å²) in [5.74, 6) is 1.93. The molecule has 6 nitrogen and oxygen atoms in total. The van der Waals surface area contributed by atoms with Gasteiger partial charge in [-0.3, -0.25) is 4.99 Å². The molecule has 11 heteroatoms. The molecule has 1 aliphatic heterocycles. The molecule has 3 rings (SSSR count). The molecule has 1 unspecified atom stereocenters. The van der Waals surface area contributed by atoms with Crippen LogP contribution < -0.4 is 15.5 Å². The summed E-state index contributed by atoms with van der Waals surface area (Å²) in [4.78, 5) is 10.4. The van der Waals surface area contributed by atoms with Crippen molar-refractivity contribution in [2.75, 3.05) is 31.1 Å². The fraction of sp³-hybridized carbons (Fsp3) is 0.474. The number of guanidine groups is 1. The van der Waals surface area contributed by atoms with Crippen molar-refractivity contribution in [1.82, 2.24) is 15.6 Å². The number of nitrogens with one attached hydrogen (secondary N) is 2. The Labute approximate surface area is 195 Å². The average Bonchev–Trinajstić information content (AvgIpc) is 3.33. The Balaban J connectivity index is 0.00000320. The highest BCUT2D eigenvalue weighted by atomic mass is 127. The Morgan fingerprint density at radius 3 is 2.87 bits per heavy atom. The zero-order valence-corrected chi connectivity index (χ0v) is 19.5. The van der Waals surface area contributed by atoms with E-state index >= 15 is 0 Å². The summed E-state index contributed by atoms with van der Waals surface area (Å²) in [6.45, 7) is 4.49. The van der Waals surface area contributed by atoms with E-state index < -0.39 is 11.7 Å². The lowest BCUT2D eigenvalue weighted by Gasteiger charge is -2.21. The molecule has 2 aromatic heterocycles. The van der Waals surface area contributed by atoms with Gasteiger partial charge in [0.1, 0.15) is 11.6 Å². The lowest BCUT2D eigenvalue weighted by atomic mass is 10.2. The molecule has 0 aliphatic carbocycles. The van der Waals surface area contributed by atoms with Gasteiger partial charge in [-0.25, -0.2) is 4.98 Å². The molecule has 0 saturated carbocycles. The Morgan fingerprint density at radius 2 is 2.23 bits per heavy atom. The predicted molar refractivity (Wildman–Crippen MR) is 122 cm³/mol. The van der Waals surface area contributed by atoms with Crippen molar-refractivity contribution in [1.29, 1.82) is 0 Å². The molecule has 0 amide bonds. The molecule has 2 N–H and O–H groups in total. The lowest BCUT2D eigenvalue weighted by Crippen LogP contribution is -2.44. The van der Waals surface area contributed by atoms with Gasteiger partial charge in [0.25, 0.3) is 0 Å². The second kappa shape index (κ2) is 11.1. The first kappa shape index (κ1) is 24.6. The van der Waals surface area contributed by atoms with E-state index in [0.717, 1.165) is 31.0 Å². The van der Waals surface area contributed by atoms with Crippen molar-refractivity contribution in [3.05, 3.63) is 47.0 Å². The van der Waals surface area contributed by atoms with Gasteiger partial charge in [-0.2, -0.15) is 13.2 Å². The van der Waals surface area contributed by atoms with Crippen LogP contribution in [0.15, 0.2) is 40.1 Å². The number of hydrogen-bond acceptors (Lipinski definition) is 4. The van der Waals surface area contributed by atoms with E-state index in [1.54, 1.807) is 6.26 Å². The first-order valence-electron chi connectivity index (χ1n) is 9.41. The number of aromatic nitrogens is 1. The van der Waals surface area contributed by atoms with Crippen molar-refractivity contribution >= 4 is 47.4 Å². The van der Waals surface area contributed by atoms with E-state index in [0.29, 0.717) is 37.8 Å². The molecule has 0 radical (unpaired) electrons. The molecular weight excluding hydrogens is 534 g/mol. The highest BCUT2D eigenvalue weighted by Crippen LogP contribution is 2.34. The van der Waals surface area contributed by atoms with Gasteiger partial charge < -0.3 is 20.0 Å². The van der Waals surface area contributed by atoms with Gasteiger partial charge in [0.2, 0.25) is 0 Å². The van der Waals surface area contributed by atoms with Crippen molar-refractivity contribution < 1.29 is 17.6 Å². The normalized spacial score (nSPS) is 17.0. The van der Waals surface area contributed by atoms with Crippen LogP contribution >= 0.6 is 35.6 Å². The summed E-state index contributed by atoms with van der Waals surface area (Å²) in [7, 11) is 0. The van der Waals surface area contributed by atoms with Gasteiger partial charge in [-0.05, 0) is 31.5 Å². The van der Waals surface area contributed by atoms with Crippen LogP contribution in [0.25, 0.3) is 0 Å². The Bertz CT molecular complexity index is 832. The first-order valence-corrected chi connectivity index (χ1v) is 9.79. The van der Waals surface area contributed by atoms with Crippen molar-refractivity contribution in [3.8, 4) is 0 Å². The van der Waals surface area contributed by atoms with E-state index in [2.05, 4.69) is 20.6 Å². The summed E-state index contributed by atoms with van der Waals surface area (Å²) in [6.07, 6.45) is -0.512.